The molecule has 0 atom stereocenters. The van der Waals surface area contributed by atoms with Gasteiger partial charge in [0, 0.05) is 5.39 Å². The maximum atomic E-state index is 12.7. The summed E-state index contributed by atoms with van der Waals surface area (Å²) in [6, 6.07) is 3.95. The fraction of sp³-hybridized carbons (Fsp3) is 0.308. The van der Waals surface area contributed by atoms with E-state index in [1.54, 1.807) is 6.92 Å². The van der Waals surface area contributed by atoms with Crippen LogP contribution in [-0.4, -0.2) is 28.4 Å². The number of carbonyl (C=O) groups excluding carboxylic acids is 1. The predicted molar refractivity (Wildman–Crippen MR) is 78.3 cm³/mol. The molecule has 2 rings (SSSR count). The van der Waals surface area contributed by atoms with Gasteiger partial charge in [-0.05, 0) is 47.7 Å². The van der Waals surface area contributed by atoms with Gasteiger partial charge in [-0.1, -0.05) is 0 Å². The first-order valence-electron chi connectivity index (χ1n) is 5.99. The summed E-state index contributed by atoms with van der Waals surface area (Å²) in [5.74, 6) is -0.879. The van der Waals surface area contributed by atoms with Crippen LogP contribution in [-0.2, 0) is 11.3 Å². The zero-order valence-electron chi connectivity index (χ0n) is 10.9. The fourth-order valence-electron chi connectivity index (χ4n) is 2.01. The zero-order valence-corrected chi connectivity index (χ0v) is 13.0. The number of nitrogens with zero attached hydrogens (tertiary/aromatic N) is 1. The molecule has 0 unspecified atom stereocenters. The van der Waals surface area contributed by atoms with Crippen molar-refractivity contribution in [1.82, 2.24) is 4.57 Å². The smallest absolute Gasteiger partial charge is 0.406 e. The van der Waals surface area contributed by atoms with E-state index in [9.17, 15) is 23.1 Å². The van der Waals surface area contributed by atoms with Crippen LogP contribution in [0.25, 0.3) is 10.9 Å². The highest BCUT2D eigenvalue weighted by Crippen LogP contribution is 2.33. The van der Waals surface area contributed by atoms with Gasteiger partial charge in [-0.2, -0.15) is 13.2 Å². The summed E-state index contributed by atoms with van der Waals surface area (Å²) in [6.07, 6.45) is -4.48. The van der Waals surface area contributed by atoms with E-state index in [1.807, 2.05) is 22.6 Å². The summed E-state index contributed by atoms with van der Waals surface area (Å²) in [6.45, 7) is 0.338. The molecule has 1 aromatic carbocycles. The van der Waals surface area contributed by atoms with Crippen LogP contribution in [0.15, 0.2) is 18.2 Å². The molecule has 0 bridgehead atoms. The largest absolute Gasteiger partial charge is 0.507 e. The lowest BCUT2D eigenvalue weighted by molar-refractivity contribution is -0.140. The molecule has 8 heteroatoms. The van der Waals surface area contributed by atoms with Crippen molar-refractivity contribution in [2.45, 2.75) is 19.6 Å². The molecule has 1 aromatic heterocycles. The Labute approximate surface area is 131 Å². The number of alkyl halides is 3. The predicted octanol–water partition coefficient (Wildman–Crippen LogP) is 3.69. The van der Waals surface area contributed by atoms with Crippen LogP contribution in [0.2, 0.25) is 0 Å². The van der Waals surface area contributed by atoms with Gasteiger partial charge in [0.25, 0.3) is 0 Å². The highest BCUT2D eigenvalue weighted by molar-refractivity contribution is 14.1. The topological polar surface area (TPSA) is 51.5 Å². The van der Waals surface area contributed by atoms with E-state index < -0.39 is 18.7 Å². The third-order valence-corrected chi connectivity index (χ3v) is 3.95. The number of esters is 1. The van der Waals surface area contributed by atoms with Gasteiger partial charge in [0.15, 0.2) is 0 Å². The summed E-state index contributed by atoms with van der Waals surface area (Å²) in [5.41, 5.74) is 0.0327. The van der Waals surface area contributed by atoms with Crippen LogP contribution in [0.1, 0.15) is 17.4 Å². The Morgan fingerprint density at radius 3 is 2.67 bits per heavy atom. The summed E-state index contributed by atoms with van der Waals surface area (Å²) in [7, 11) is 0. The summed E-state index contributed by atoms with van der Waals surface area (Å²) >= 11 is 1.82. The summed E-state index contributed by atoms with van der Waals surface area (Å²) < 4.78 is 44.2. The van der Waals surface area contributed by atoms with E-state index in [1.165, 1.54) is 18.2 Å². The lowest BCUT2D eigenvalue weighted by Gasteiger charge is -2.12. The molecule has 0 aliphatic rings. The number of carbonyl (C=O) groups is 1. The van der Waals surface area contributed by atoms with E-state index in [4.69, 9.17) is 4.74 Å². The third-order valence-electron chi connectivity index (χ3n) is 2.82. The van der Waals surface area contributed by atoms with Crippen molar-refractivity contribution in [2.24, 2.45) is 0 Å². The Kier molecular flexibility index (Phi) is 4.35. The van der Waals surface area contributed by atoms with Crippen molar-refractivity contribution in [1.29, 1.82) is 0 Å². The minimum atomic E-state index is -4.48. The minimum absolute atomic E-state index is 0.0531. The quantitative estimate of drug-likeness (QED) is 0.617. The van der Waals surface area contributed by atoms with Gasteiger partial charge in [0.05, 0.1) is 15.7 Å². The number of ether oxygens (including phenoxy) is 1. The number of hydrogen-bond acceptors (Lipinski definition) is 3. The molecule has 0 saturated carbocycles. The van der Waals surface area contributed by atoms with Gasteiger partial charge < -0.3 is 14.4 Å². The van der Waals surface area contributed by atoms with E-state index in [0.29, 0.717) is 8.96 Å². The van der Waals surface area contributed by atoms with Gasteiger partial charge in [0.1, 0.15) is 18.0 Å². The van der Waals surface area contributed by atoms with Gasteiger partial charge in [0.2, 0.25) is 0 Å². The van der Waals surface area contributed by atoms with Crippen molar-refractivity contribution in [3.05, 3.63) is 27.5 Å². The molecule has 1 heterocycles. The molecule has 2 aromatic rings. The second-order valence-corrected chi connectivity index (χ2v) is 5.36. The molecule has 0 radical (unpaired) electrons. The van der Waals surface area contributed by atoms with E-state index in [0.717, 1.165) is 4.57 Å². The normalized spacial score (nSPS) is 11.9. The second kappa shape index (κ2) is 5.74. The molecule has 1 N–H and O–H groups in total. The first-order valence-corrected chi connectivity index (χ1v) is 7.07. The maximum absolute atomic E-state index is 12.7. The van der Waals surface area contributed by atoms with E-state index in [2.05, 4.69) is 0 Å². The molecule has 0 spiro atoms. The van der Waals surface area contributed by atoms with Crippen LogP contribution in [0.3, 0.4) is 0 Å². The Bertz CT molecular complexity index is 694. The average Bonchev–Trinajstić information content (AvgIpc) is 2.72. The molecular weight excluding hydrogens is 402 g/mol. The summed E-state index contributed by atoms with van der Waals surface area (Å²) in [5, 5.41) is 10.0. The first-order chi connectivity index (χ1) is 9.74. The van der Waals surface area contributed by atoms with Crippen molar-refractivity contribution >= 4 is 39.5 Å². The number of hydrogen-bond donors (Lipinski definition) is 1. The van der Waals surface area contributed by atoms with Gasteiger partial charge in [-0.3, -0.25) is 0 Å². The monoisotopic (exact) mass is 413 g/mol. The summed E-state index contributed by atoms with van der Waals surface area (Å²) in [4.78, 5) is 11.8. The number of halogens is 4. The SMILES string of the molecule is CCOC(=O)c1cc2c(I)c(O)ccc2n1CC(F)(F)F. The van der Waals surface area contributed by atoms with Crippen LogP contribution in [0, 0.1) is 3.57 Å². The van der Waals surface area contributed by atoms with Crippen LogP contribution >= 0.6 is 22.6 Å². The Hall–Kier alpha value is -1.45. The third kappa shape index (κ3) is 3.25. The second-order valence-electron chi connectivity index (χ2n) is 4.28. The van der Waals surface area contributed by atoms with Crippen molar-refractivity contribution in [3.8, 4) is 5.75 Å². The standard InChI is InChI=1S/C13H11F3INO3/c1-2-21-12(20)9-5-7-8(3-4-10(19)11(7)17)18(9)6-13(14,15)16/h3-5,19H,2,6H2,1H3. The zero-order chi connectivity index (χ0) is 15.8. The van der Waals surface area contributed by atoms with Crippen molar-refractivity contribution in [3.63, 3.8) is 0 Å². The number of benzene rings is 1. The Morgan fingerprint density at radius 1 is 1.43 bits per heavy atom. The van der Waals surface area contributed by atoms with Crippen molar-refractivity contribution in [2.75, 3.05) is 6.61 Å². The highest BCUT2D eigenvalue weighted by atomic mass is 127. The van der Waals surface area contributed by atoms with Crippen molar-refractivity contribution < 1.29 is 27.8 Å². The molecule has 0 aliphatic heterocycles. The minimum Gasteiger partial charge on any atom is -0.507 e. The van der Waals surface area contributed by atoms with Gasteiger partial charge >= 0.3 is 12.1 Å². The lowest BCUT2D eigenvalue weighted by Crippen LogP contribution is -2.21. The average molecular weight is 413 g/mol. The molecule has 0 aliphatic carbocycles. The van der Waals surface area contributed by atoms with Crippen LogP contribution in [0.5, 0.6) is 5.75 Å². The highest BCUT2D eigenvalue weighted by Gasteiger charge is 2.31. The number of aromatic hydroxyl groups is 1. The molecular formula is C13H11F3INO3. The molecule has 114 valence electrons. The molecule has 21 heavy (non-hydrogen) atoms. The number of fused-ring (bicyclic) bond motifs is 1. The fourth-order valence-corrected chi connectivity index (χ4v) is 2.62. The first kappa shape index (κ1) is 15.9. The van der Waals surface area contributed by atoms with E-state index >= 15 is 0 Å². The number of phenols is 1. The Balaban J connectivity index is 2.68. The Morgan fingerprint density at radius 2 is 2.10 bits per heavy atom. The molecule has 0 fully saturated rings. The van der Waals surface area contributed by atoms with E-state index in [-0.39, 0.29) is 23.6 Å². The maximum Gasteiger partial charge on any atom is 0.406 e. The van der Waals surface area contributed by atoms with Crippen LogP contribution in [0.4, 0.5) is 13.2 Å². The molecule has 4 nitrogen and oxygen atoms in total. The van der Waals surface area contributed by atoms with Gasteiger partial charge in [-0.15, -0.1) is 0 Å². The lowest BCUT2D eigenvalue weighted by atomic mass is 10.2. The van der Waals surface area contributed by atoms with Gasteiger partial charge in [-0.25, -0.2) is 4.79 Å². The number of aromatic nitrogens is 1. The molecule has 0 amide bonds. The van der Waals surface area contributed by atoms with Crippen LogP contribution < -0.4 is 0 Å². The number of phenolic OH excluding ortho intramolecular Hbond substituents is 1. The molecule has 0 saturated heterocycles. The number of rotatable bonds is 3.